The van der Waals surface area contributed by atoms with Crippen molar-refractivity contribution in [3.8, 4) is 0 Å². The fourth-order valence-electron chi connectivity index (χ4n) is 3.55. The van der Waals surface area contributed by atoms with Crippen LogP contribution in [0.3, 0.4) is 0 Å². The molecule has 1 aliphatic rings. The van der Waals surface area contributed by atoms with Crippen molar-refractivity contribution in [2.24, 2.45) is 5.92 Å². The van der Waals surface area contributed by atoms with Gasteiger partial charge in [0.05, 0.1) is 0 Å². The van der Waals surface area contributed by atoms with Gasteiger partial charge in [-0.05, 0) is 61.7 Å². The third kappa shape index (κ3) is 6.64. The van der Waals surface area contributed by atoms with Gasteiger partial charge in [0, 0.05) is 35.0 Å². The topological polar surface area (TPSA) is 32.3 Å². The minimum Gasteiger partial charge on any atom is -0.355 e. The van der Waals surface area contributed by atoms with Crippen LogP contribution in [0.1, 0.15) is 29.5 Å². The number of likely N-dealkylation sites (tertiary alicyclic amines) is 1. The maximum atomic E-state index is 12.4. The SMILES string of the molecule is Cc1ccccc1CSCCNC(=O)C1CCN(Cc2ccc(Br)cc2)CC1. The Balaban J connectivity index is 1.30. The Labute approximate surface area is 181 Å². The molecule has 3 rings (SSSR count). The molecule has 5 heteroatoms. The molecule has 1 aliphatic heterocycles. The summed E-state index contributed by atoms with van der Waals surface area (Å²) in [5.74, 6) is 2.38. The molecule has 0 radical (unpaired) electrons. The summed E-state index contributed by atoms with van der Waals surface area (Å²) in [6.45, 7) is 5.87. The highest BCUT2D eigenvalue weighted by atomic mass is 79.9. The molecule has 1 N–H and O–H groups in total. The van der Waals surface area contributed by atoms with Crippen molar-refractivity contribution in [3.63, 3.8) is 0 Å². The summed E-state index contributed by atoms with van der Waals surface area (Å²) < 4.78 is 1.11. The first-order valence-corrected chi connectivity index (χ1v) is 11.9. The van der Waals surface area contributed by atoms with Crippen molar-refractivity contribution in [3.05, 3.63) is 69.7 Å². The summed E-state index contributed by atoms with van der Waals surface area (Å²) in [7, 11) is 0. The zero-order chi connectivity index (χ0) is 19.8. The Bertz CT molecular complexity index is 757. The van der Waals surface area contributed by atoms with Gasteiger partial charge >= 0.3 is 0 Å². The van der Waals surface area contributed by atoms with Crippen molar-refractivity contribution >= 4 is 33.6 Å². The second-order valence-electron chi connectivity index (χ2n) is 7.45. The van der Waals surface area contributed by atoms with Crippen molar-refractivity contribution in [2.45, 2.75) is 32.1 Å². The normalized spacial score (nSPS) is 15.5. The average molecular weight is 461 g/mol. The van der Waals surface area contributed by atoms with Gasteiger partial charge < -0.3 is 5.32 Å². The monoisotopic (exact) mass is 460 g/mol. The number of benzene rings is 2. The maximum absolute atomic E-state index is 12.4. The number of aryl methyl sites for hydroxylation is 1. The van der Waals surface area contributed by atoms with Gasteiger partial charge in [0.1, 0.15) is 0 Å². The fraction of sp³-hybridized carbons (Fsp3) is 0.435. The summed E-state index contributed by atoms with van der Waals surface area (Å²) in [5.41, 5.74) is 4.06. The van der Waals surface area contributed by atoms with Crippen LogP contribution < -0.4 is 5.32 Å². The number of hydrogen-bond donors (Lipinski definition) is 1. The molecule has 0 spiro atoms. The lowest BCUT2D eigenvalue weighted by Crippen LogP contribution is -2.40. The predicted octanol–water partition coefficient (Wildman–Crippen LogP) is 5.02. The predicted molar refractivity (Wildman–Crippen MR) is 122 cm³/mol. The molecule has 2 aromatic rings. The maximum Gasteiger partial charge on any atom is 0.223 e. The second kappa shape index (κ2) is 11.0. The van der Waals surface area contributed by atoms with E-state index in [1.807, 2.05) is 11.8 Å². The highest BCUT2D eigenvalue weighted by molar-refractivity contribution is 9.10. The number of piperidine rings is 1. The van der Waals surface area contributed by atoms with E-state index in [9.17, 15) is 4.79 Å². The molecule has 0 aliphatic carbocycles. The summed E-state index contributed by atoms with van der Waals surface area (Å²) in [4.78, 5) is 14.9. The number of nitrogens with one attached hydrogen (secondary N) is 1. The molecule has 0 unspecified atom stereocenters. The van der Waals surface area contributed by atoms with Crippen LogP contribution in [0.25, 0.3) is 0 Å². The fourth-order valence-corrected chi connectivity index (χ4v) is 4.75. The molecular formula is C23H29BrN2OS. The number of nitrogens with zero attached hydrogens (tertiary/aromatic N) is 1. The molecule has 150 valence electrons. The van der Waals surface area contributed by atoms with E-state index in [0.717, 1.165) is 55.0 Å². The van der Waals surface area contributed by atoms with Crippen LogP contribution in [0.15, 0.2) is 53.0 Å². The minimum atomic E-state index is 0.169. The number of carbonyl (C=O) groups excluding carboxylic acids is 1. The van der Waals surface area contributed by atoms with E-state index < -0.39 is 0 Å². The Kier molecular flexibility index (Phi) is 8.44. The molecule has 28 heavy (non-hydrogen) atoms. The molecule has 1 heterocycles. The second-order valence-corrected chi connectivity index (χ2v) is 9.47. The van der Waals surface area contributed by atoms with Gasteiger partial charge in [-0.15, -0.1) is 0 Å². The van der Waals surface area contributed by atoms with Gasteiger partial charge in [-0.3, -0.25) is 9.69 Å². The van der Waals surface area contributed by atoms with Gasteiger partial charge in [0.15, 0.2) is 0 Å². The lowest BCUT2D eigenvalue weighted by Gasteiger charge is -2.31. The largest absolute Gasteiger partial charge is 0.355 e. The first-order chi connectivity index (χ1) is 13.6. The van der Waals surface area contributed by atoms with Gasteiger partial charge in [-0.25, -0.2) is 0 Å². The van der Waals surface area contributed by atoms with E-state index >= 15 is 0 Å². The van der Waals surface area contributed by atoms with Crippen molar-refractivity contribution in [1.82, 2.24) is 10.2 Å². The first kappa shape index (κ1) is 21.4. The molecule has 0 atom stereocenters. The number of amides is 1. The number of carbonyl (C=O) groups is 1. The molecule has 0 bridgehead atoms. The van der Waals surface area contributed by atoms with E-state index in [0.29, 0.717) is 0 Å². The molecule has 0 aromatic heterocycles. The van der Waals surface area contributed by atoms with Crippen molar-refractivity contribution in [2.75, 3.05) is 25.4 Å². The Morgan fingerprint density at radius 1 is 1.14 bits per heavy atom. The van der Waals surface area contributed by atoms with E-state index in [2.05, 4.69) is 81.6 Å². The van der Waals surface area contributed by atoms with Crippen LogP contribution in [0.4, 0.5) is 0 Å². The quantitative estimate of drug-likeness (QED) is 0.561. The summed E-state index contributed by atoms with van der Waals surface area (Å²) in [6, 6.07) is 17.0. The van der Waals surface area contributed by atoms with Crippen LogP contribution in [0.5, 0.6) is 0 Å². The van der Waals surface area contributed by atoms with Crippen LogP contribution in [-0.4, -0.2) is 36.2 Å². The summed E-state index contributed by atoms with van der Waals surface area (Å²) in [6.07, 6.45) is 1.91. The molecule has 3 nitrogen and oxygen atoms in total. The number of hydrogen-bond acceptors (Lipinski definition) is 3. The molecule has 2 aromatic carbocycles. The van der Waals surface area contributed by atoms with Gasteiger partial charge in [-0.1, -0.05) is 52.3 Å². The van der Waals surface area contributed by atoms with Crippen molar-refractivity contribution in [1.29, 1.82) is 0 Å². The smallest absolute Gasteiger partial charge is 0.223 e. The third-order valence-electron chi connectivity index (χ3n) is 5.34. The Hall–Kier alpha value is -1.30. The minimum absolute atomic E-state index is 0.169. The van der Waals surface area contributed by atoms with Crippen LogP contribution >= 0.6 is 27.7 Å². The van der Waals surface area contributed by atoms with E-state index in [4.69, 9.17) is 0 Å². The number of thioether (sulfide) groups is 1. The molecule has 1 saturated heterocycles. The van der Waals surface area contributed by atoms with Gasteiger partial charge in [-0.2, -0.15) is 11.8 Å². The van der Waals surface area contributed by atoms with Gasteiger partial charge in [0.2, 0.25) is 5.91 Å². The molecule has 1 fully saturated rings. The van der Waals surface area contributed by atoms with Gasteiger partial charge in [0.25, 0.3) is 0 Å². The van der Waals surface area contributed by atoms with E-state index in [1.54, 1.807) is 0 Å². The van der Waals surface area contributed by atoms with E-state index in [1.165, 1.54) is 16.7 Å². The van der Waals surface area contributed by atoms with Crippen LogP contribution in [0.2, 0.25) is 0 Å². The highest BCUT2D eigenvalue weighted by Crippen LogP contribution is 2.20. The lowest BCUT2D eigenvalue weighted by atomic mass is 9.95. The van der Waals surface area contributed by atoms with Crippen LogP contribution in [0, 0.1) is 12.8 Å². The summed E-state index contributed by atoms with van der Waals surface area (Å²) >= 11 is 5.37. The molecule has 1 amide bonds. The van der Waals surface area contributed by atoms with Crippen molar-refractivity contribution < 1.29 is 4.79 Å². The third-order valence-corrected chi connectivity index (χ3v) is 6.88. The Morgan fingerprint density at radius 3 is 2.57 bits per heavy atom. The zero-order valence-corrected chi connectivity index (χ0v) is 18.9. The summed E-state index contributed by atoms with van der Waals surface area (Å²) in [5, 5.41) is 3.14. The number of halogens is 1. The first-order valence-electron chi connectivity index (χ1n) is 9.98. The zero-order valence-electron chi connectivity index (χ0n) is 16.5. The number of rotatable bonds is 8. The average Bonchev–Trinajstić information content (AvgIpc) is 2.71. The van der Waals surface area contributed by atoms with Crippen LogP contribution in [-0.2, 0) is 17.1 Å². The molecular weight excluding hydrogens is 432 g/mol. The Morgan fingerprint density at radius 2 is 1.86 bits per heavy atom. The van der Waals surface area contributed by atoms with E-state index in [-0.39, 0.29) is 11.8 Å². The molecule has 0 saturated carbocycles. The highest BCUT2D eigenvalue weighted by Gasteiger charge is 2.24. The standard InChI is InChI=1S/C23H29BrN2OS/c1-18-4-2-3-5-21(18)17-28-15-12-25-23(27)20-10-13-26(14-11-20)16-19-6-8-22(24)9-7-19/h2-9,20H,10-17H2,1H3,(H,25,27). The lowest BCUT2D eigenvalue weighted by molar-refractivity contribution is -0.126.